The number of rotatable bonds is 7. The Balaban J connectivity index is 1.54. The van der Waals surface area contributed by atoms with Crippen molar-refractivity contribution in [2.75, 3.05) is 17.3 Å². The van der Waals surface area contributed by atoms with Crippen molar-refractivity contribution in [1.82, 2.24) is 4.98 Å². The van der Waals surface area contributed by atoms with Crippen molar-refractivity contribution >= 4 is 23.4 Å². The van der Waals surface area contributed by atoms with Gasteiger partial charge >= 0.3 is 6.09 Å². The fourth-order valence-electron chi connectivity index (χ4n) is 5.47. The highest BCUT2D eigenvalue weighted by molar-refractivity contribution is 6.03. The van der Waals surface area contributed by atoms with Gasteiger partial charge in [0.15, 0.2) is 5.69 Å². The van der Waals surface area contributed by atoms with Gasteiger partial charge in [0.2, 0.25) is 5.69 Å². The summed E-state index contributed by atoms with van der Waals surface area (Å²) in [4.78, 5) is 30.8. The quantitative estimate of drug-likeness (QED) is 0.162. The summed E-state index contributed by atoms with van der Waals surface area (Å²) in [5.74, 6) is -4.34. The number of anilines is 2. The first kappa shape index (κ1) is 31.7. The number of amides is 2. The zero-order valence-corrected chi connectivity index (χ0v) is 26.5. The molecule has 1 aliphatic rings. The molecule has 0 aliphatic heterocycles. The number of aromatic nitrogens is 2. The average Bonchev–Trinajstić information content (AvgIpc) is 3.77. The van der Waals surface area contributed by atoms with E-state index in [2.05, 4.69) is 10.3 Å². The van der Waals surface area contributed by atoms with Crippen molar-refractivity contribution in [2.45, 2.75) is 65.9 Å². The third-order valence-electron chi connectivity index (χ3n) is 7.89. The molecule has 0 spiro atoms. The SMILES string of the molecule is Cc1cccc(C)c1-c1cc(-c2[nH]c(C)c(C(=O)Nc3cccc(C(F)(F)C4CC4)c3)[n+]2[O-])cc(N(C)C(=O)OC(C)(C)C)c1. The first-order chi connectivity index (χ1) is 21.1. The highest BCUT2D eigenvalue weighted by atomic mass is 19.3. The van der Waals surface area contributed by atoms with Crippen LogP contribution >= 0.6 is 0 Å². The Labute approximate surface area is 261 Å². The molecule has 4 aromatic rings. The molecule has 0 saturated heterocycles. The van der Waals surface area contributed by atoms with E-state index in [1.54, 1.807) is 40.8 Å². The third-order valence-corrected chi connectivity index (χ3v) is 7.89. The summed E-state index contributed by atoms with van der Waals surface area (Å²) in [6, 6.07) is 16.8. The van der Waals surface area contributed by atoms with E-state index >= 15 is 0 Å². The third kappa shape index (κ3) is 6.55. The van der Waals surface area contributed by atoms with Crippen LogP contribution in [0.1, 0.15) is 66.5 Å². The van der Waals surface area contributed by atoms with E-state index in [9.17, 15) is 23.6 Å². The van der Waals surface area contributed by atoms with E-state index in [0.717, 1.165) is 22.3 Å². The maximum absolute atomic E-state index is 14.7. The van der Waals surface area contributed by atoms with Crippen LogP contribution < -0.4 is 14.9 Å². The van der Waals surface area contributed by atoms with Crippen molar-refractivity contribution in [3.63, 3.8) is 0 Å². The summed E-state index contributed by atoms with van der Waals surface area (Å²) in [7, 11) is 1.59. The number of benzene rings is 3. The number of imidazole rings is 1. The zero-order valence-electron chi connectivity index (χ0n) is 26.5. The standard InChI is InChI=1S/C35H38F2N4O4/c1-20-10-8-11-21(2)29(20)23-16-24(18-28(17-23)40(7)33(43)45-34(4,5)6)31-38-22(3)30(41(31)44)32(42)39-27-13-9-12-26(19-27)35(36,37)25-14-15-25/h8-13,16-19,25,38H,14-15H2,1-7H3,(H,39,42). The molecule has 1 fully saturated rings. The summed E-state index contributed by atoms with van der Waals surface area (Å²) in [6.45, 7) is 10.9. The molecule has 0 bridgehead atoms. The van der Waals surface area contributed by atoms with E-state index in [-0.39, 0.29) is 28.5 Å². The van der Waals surface area contributed by atoms with Crippen molar-refractivity contribution in [1.29, 1.82) is 0 Å². The number of nitrogens with zero attached hydrogens (tertiary/aromatic N) is 2. The van der Waals surface area contributed by atoms with Gasteiger partial charge in [0, 0.05) is 36.8 Å². The summed E-state index contributed by atoms with van der Waals surface area (Å²) in [5.41, 5.74) is 3.99. The second-order valence-electron chi connectivity index (χ2n) is 12.7. The molecule has 0 unspecified atom stereocenters. The summed E-state index contributed by atoms with van der Waals surface area (Å²) in [6.07, 6.45) is 0.356. The molecule has 1 aromatic heterocycles. The predicted octanol–water partition coefficient (Wildman–Crippen LogP) is 8.03. The van der Waals surface area contributed by atoms with E-state index in [4.69, 9.17) is 4.74 Å². The molecule has 3 aromatic carbocycles. The average molecular weight is 617 g/mol. The van der Waals surface area contributed by atoms with Crippen molar-refractivity contribution in [3.05, 3.63) is 93.9 Å². The minimum absolute atomic E-state index is 0.0820. The van der Waals surface area contributed by atoms with Crippen molar-refractivity contribution in [2.24, 2.45) is 5.92 Å². The molecular weight excluding hydrogens is 578 g/mol. The number of ether oxygens (including phenoxy) is 1. The Morgan fingerprint density at radius 3 is 2.22 bits per heavy atom. The van der Waals surface area contributed by atoms with E-state index < -0.39 is 29.4 Å². The van der Waals surface area contributed by atoms with Crippen molar-refractivity contribution < 1.29 is 27.8 Å². The number of alkyl halides is 2. The van der Waals surface area contributed by atoms with Crippen LogP contribution in [-0.2, 0) is 10.7 Å². The van der Waals surface area contributed by atoms with Gasteiger partial charge in [-0.2, -0.15) is 0 Å². The molecule has 236 valence electrons. The van der Waals surface area contributed by atoms with Gasteiger partial charge in [-0.15, -0.1) is 0 Å². The second-order valence-corrected chi connectivity index (χ2v) is 12.7. The highest BCUT2D eigenvalue weighted by Gasteiger charge is 2.48. The number of carbonyl (C=O) groups excluding carboxylic acids is 2. The van der Waals surface area contributed by atoms with E-state index in [1.807, 2.05) is 44.2 Å². The Hall–Kier alpha value is -4.73. The zero-order chi connectivity index (χ0) is 32.8. The Morgan fingerprint density at radius 1 is 0.978 bits per heavy atom. The molecule has 10 heteroatoms. The highest BCUT2D eigenvalue weighted by Crippen LogP contribution is 2.50. The van der Waals surface area contributed by atoms with Gasteiger partial charge < -0.3 is 15.3 Å². The number of nitrogens with one attached hydrogen (secondary N) is 2. The first-order valence-corrected chi connectivity index (χ1v) is 14.9. The van der Waals surface area contributed by atoms with Crippen LogP contribution in [0.15, 0.2) is 60.7 Å². The molecule has 0 radical (unpaired) electrons. The minimum atomic E-state index is -2.99. The molecule has 2 amide bonds. The molecule has 8 nitrogen and oxygen atoms in total. The smallest absolute Gasteiger partial charge is 0.414 e. The molecule has 45 heavy (non-hydrogen) atoms. The fourth-order valence-corrected chi connectivity index (χ4v) is 5.47. The fraction of sp³-hybridized carbons (Fsp3) is 0.343. The van der Waals surface area contributed by atoms with Crippen LogP contribution in [0, 0.1) is 31.9 Å². The lowest BCUT2D eigenvalue weighted by molar-refractivity contribution is -0.594. The minimum Gasteiger partial charge on any atom is -0.710 e. The van der Waals surface area contributed by atoms with Gasteiger partial charge in [-0.3, -0.25) is 9.69 Å². The van der Waals surface area contributed by atoms with Crippen LogP contribution in [0.3, 0.4) is 0 Å². The lowest BCUT2D eigenvalue weighted by atomic mass is 9.94. The first-order valence-electron chi connectivity index (χ1n) is 14.9. The summed E-state index contributed by atoms with van der Waals surface area (Å²) in [5, 5.41) is 16.3. The Kier molecular flexibility index (Phi) is 8.20. The summed E-state index contributed by atoms with van der Waals surface area (Å²) >= 11 is 0. The maximum Gasteiger partial charge on any atom is 0.414 e. The lowest BCUT2D eigenvalue weighted by Gasteiger charge is -2.25. The molecule has 0 atom stereocenters. The number of H-pyrrole nitrogens is 1. The van der Waals surface area contributed by atoms with Crippen LogP contribution in [0.25, 0.3) is 22.5 Å². The van der Waals surface area contributed by atoms with Crippen LogP contribution in [0.5, 0.6) is 0 Å². The number of aromatic amines is 1. The number of aryl methyl sites for hydroxylation is 3. The van der Waals surface area contributed by atoms with Gasteiger partial charge in [0.1, 0.15) is 5.60 Å². The van der Waals surface area contributed by atoms with Gasteiger partial charge in [0.25, 0.3) is 17.7 Å². The molecule has 1 saturated carbocycles. The van der Waals surface area contributed by atoms with Gasteiger partial charge in [-0.25, -0.2) is 23.3 Å². The predicted molar refractivity (Wildman–Crippen MR) is 170 cm³/mol. The van der Waals surface area contributed by atoms with Gasteiger partial charge in [0.05, 0.1) is 5.56 Å². The molecule has 1 aliphatic carbocycles. The van der Waals surface area contributed by atoms with Crippen molar-refractivity contribution in [3.8, 4) is 22.5 Å². The maximum atomic E-state index is 14.7. The molecule has 2 N–H and O–H groups in total. The number of hydrogen-bond acceptors (Lipinski definition) is 4. The van der Waals surface area contributed by atoms with Crippen LogP contribution in [0.2, 0.25) is 0 Å². The Morgan fingerprint density at radius 2 is 1.60 bits per heavy atom. The molecule has 1 heterocycles. The summed E-state index contributed by atoms with van der Waals surface area (Å²) < 4.78 is 35.5. The molecule has 5 rings (SSSR count). The van der Waals surface area contributed by atoms with Crippen LogP contribution in [0.4, 0.5) is 25.0 Å². The topological polar surface area (TPSA) is 101 Å². The molecular formula is C35H38F2N4O4. The second kappa shape index (κ2) is 11.6. The van der Waals surface area contributed by atoms with Crippen LogP contribution in [-0.4, -0.2) is 29.6 Å². The lowest BCUT2D eigenvalue weighted by Crippen LogP contribution is -2.37. The normalized spacial score (nSPS) is 13.4. The largest absolute Gasteiger partial charge is 0.710 e. The monoisotopic (exact) mass is 616 g/mol. The van der Waals surface area contributed by atoms with Gasteiger partial charge in [-0.05, 0) is 100 Å². The number of halogens is 2. The van der Waals surface area contributed by atoms with E-state index in [0.29, 0.717) is 28.8 Å². The number of carbonyl (C=O) groups is 2. The van der Waals surface area contributed by atoms with Gasteiger partial charge in [-0.1, -0.05) is 30.3 Å². The number of hydrogen-bond donors (Lipinski definition) is 2. The van der Waals surface area contributed by atoms with E-state index in [1.165, 1.54) is 29.2 Å². The Bertz CT molecular complexity index is 1770.